The van der Waals surface area contributed by atoms with Crippen LogP contribution in [-0.2, 0) is 13.1 Å². The molecule has 0 aromatic carbocycles. The SMILES string of the molecule is C=CCN(CCO)Cc1cc(CNC(C)(C)C)oc1C. The fraction of sp³-hybridized carbons (Fsp3) is 0.625. The molecule has 0 saturated carbocycles. The van der Waals surface area contributed by atoms with Gasteiger partial charge in [0.2, 0.25) is 0 Å². The summed E-state index contributed by atoms with van der Waals surface area (Å²) in [5, 5.41) is 12.5. The Morgan fingerprint density at radius 3 is 2.70 bits per heavy atom. The van der Waals surface area contributed by atoms with E-state index in [1.807, 2.05) is 13.0 Å². The number of furan rings is 1. The molecule has 1 rings (SSSR count). The first-order valence-corrected chi connectivity index (χ1v) is 7.13. The fourth-order valence-corrected chi connectivity index (χ4v) is 1.98. The summed E-state index contributed by atoms with van der Waals surface area (Å²) < 4.78 is 5.79. The van der Waals surface area contributed by atoms with Crippen LogP contribution in [-0.4, -0.2) is 35.2 Å². The second kappa shape index (κ2) is 7.62. The van der Waals surface area contributed by atoms with Gasteiger partial charge in [0.15, 0.2) is 0 Å². The van der Waals surface area contributed by atoms with E-state index in [2.05, 4.69) is 43.6 Å². The standard InChI is InChI=1S/C16H28N2O2/c1-6-7-18(8-9-19)12-14-10-15(20-13(14)2)11-17-16(3,4)5/h6,10,17,19H,1,7-9,11-12H2,2-5H3. The molecule has 0 aliphatic heterocycles. The minimum absolute atomic E-state index is 0.0760. The van der Waals surface area contributed by atoms with E-state index in [1.54, 1.807) is 0 Å². The lowest BCUT2D eigenvalue weighted by molar-refractivity contribution is 0.203. The van der Waals surface area contributed by atoms with Crippen molar-refractivity contribution in [2.75, 3.05) is 19.7 Å². The molecule has 114 valence electrons. The van der Waals surface area contributed by atoms with Gasteiger partial charge < -0.3 is 14.8 Å². The molecule has 20 heavy (non-hydrogen) atoms. The van der Waals surface area contributed by atoms with Gasteiger partial charge in [0, 0.05) is 30.7 Å². The molecule has 4 nitrogen and oxygen atoms in total. The Balaban J connectivity index is 2.66. The summed E-state index contributed by atoms with van der Waals surface area (Å²) in [5.74, 6) is 1.90. The van der Waals surface area contributed by atoms with Crippen molar-refractivity contribution in [2.24, 2.45) is 0 Å². The van der Waals surface area contributed by atoms with Crippen LogP contribution in [0.25, 0.3) is 0 Å². The molecule has 0 unspecified atom stereocenters. The van der Waals surface area contributed by atoms with E-state index in [4.69, 9.17) is 9.52 Å². The third-order valence-electron chi connectivity index (χ3n) is 3.06. The van der Waals surface area contributed by atoms with Gasteiger partial charge in [-0.05, 0) is 33.8 Å². The smallest absolute Gasteiger partial charge is 0.118 e. The zero-order valence-electron chi connectivity index (χ0n) is 13.2. The largest absolute Gasteiger partial charge is 0.465 e. The van der Waals surface area contributed by atoms with Crippen molar-refractivity contribution in [1.29, 1.82) is 0 Å². The molecule has 0 atom stereocenters. The van der Waals surface area contributed by atoms with Crippen LogP contribution < -0.4 is 5.32 Å². The maximum absolute atomic E-state index is 9.08. The first-order chi connectivity index (χ1) is 9.35. The van der Waals surface area contributed by atoms with E-state index in [0.717, 1.165) is 31.2 Å². The number of hydrogen-bond donors (Lipinski definition) is 2. The average Bonchev–Trinajstić information content (AvgIpc) is 2.68. The Morgan fingerprint density at radius 1 is 1.45 bits per heavy atom. The highest BCUT2D eigenvalue weighted by molar-refractivity contribution is 5.21. The van der Waals surface area contributed by atoms with E-state index >= 15 is 0 Å². The molecule has 1 heterocycles. The number of aliphatic hydroxyl groups is 1. The molecule has 0 fully saturated rings. The Bertz CT molecular complexity index is 419. The molecule has 0 saturated heterocycles. The summed E-state index contributed by atoms with van der Waals surface area (Å²) in [6.45, 7) is 15.2. The third-order valence-corrected chi connectivity index (χ3v) is 3.06. The number of nitrogens with one attached hydrogen (secondary N) is 1. The number of aryl methyl sites for hydroxylation is 1. The zero-order chi connectivity index (χ0) is 15.2. The predicted octanol–water partition coefficient (Wildman–Crippen LogP) is 2.46. The van der Waals surface area contributed by atoms with Gasteiger partial charge in [-0.3, -0.25) is 4.90 Å². The van der Waals surface area contributed by atoms with Crippen molar-refractivity contribution in [3.05, 3.63) is 35.8 Å². The van der Waals surface area contributed by atoms with E-state index in [-0.39, 0.29) is 12.1 Å². The summed E-state index contributed by atoms with van der Waals surface area (Å²) in [7, 11) is 0. The Labute approximate surface area is 122 Å². The number of aliphatic hydroxyl groups excluding tert-OH is 1. The van der Waals surface area contributed by atoms with E-state index < -0.39 is 0 Å². The first-order valence-electron chi connectivity index (χ1n) is 7.13. The number of rotatable bonds is 8. The highest BCUT2D eigenvalue weighted by Crippen LogP contribution is 2.17. The number of hydrogen-bond acceptors (Lipinski definition) is 4. The second-order valence-electron chi connectivity index (χ2n) is 6.15. The molecule has 0 spiro atoms. The second-order valence-corrected chi connectivity index (χ2v) is 6.15. The molecule has 0 radical (unpaired) electrons. The van der Waals surface area contributed by atoms with Gasteiger partial charge >= 0.3 is 0 Å². The van der Waals surface area contributed by atoms with Crippen molar-refractivity contribution in [3.63, 3.8) is 0 Å². The molecular formula is C16H28N2O2. The van der Waals surface area contributed by atoms with Crippen LogP contribution in [0.2, 0.25) is 0 Å². The van der Waals surface area contributed by atoms with Crippen LogP contribution >= 0.6 is 0 Å². The topological polar surface area (TPSA) is 48.6 Å². The van der Waals surface area contributed by atoms with Gasteiger partial charge in [0.1, 0.15) is 11.5 Å². The molecule has 4 heteroatoms. The van der Waals surface area contributed by atoms with Crippen molar-refractivity contribution in [1.82, 2.24) is 10.2 Å². The van der Waals surface area contributed by atoms with Crippen LogP contribution in [0, 0.1) is 6.92 Å². The average molecular weight is 280 g/mol. The van der Waals surface area contributed by atoms with Gasteiger partial charge in [-0.1, -0.05) is 6.08 Å². The van der Waals surface area contributed by atoms with E-state index in [9.17, 15) is 0 Å². The highest BCUT2D eigenvalue weighted by Gasteiger charge is 2.14. The molecule has 0 amide bonds. The number of nitrogens with zero attached hydrogens (tertiary/aromatic N) is 1. The summed E-state index contributed by atoms with van der Waals surface area (Å²) in [5.41, 5.74) is 1.25. The third kappa shape index (κ3) is 5.90. The van der Waals surface area contributed by atoms with Crippen LogP contribution in [0.3, 0.4) is 0 Å². The predicted molar refractivity (Wildman–Crippen MR) is 82.6 cm³/mol. The Hall–Kier alpha value is -1.10. The lowest BCUT2D eigenvalue weighted by atomic mass is 10.1. The van der Waals surface area contributed by atoms with E-state index in [1.165, 1.54) is 5.56 Å². The molecule has 0 aliphatic rings. The van der Waals surface area contributed by atoms with Crippen molar-refractivity contribution in [2.45, 2.75) is 46.3 Å². The maximum Gasteiger partial charge on any atom is 0.118 e. The lowest BCUT2D eigenvalue weighted by Gasteiger charge is -2.19. The lowest BCUT2D eigenvalue weighted by Crippen LogP contribution is -2.34. The molecule has 2 N–H and O–H groups in total. The minimum atomic E-state index is 0.0760. The summed E-state index contributed by atoms with van der Waals surface area (Å²) in [6, 6.07) is 2.10. The normalized spacial score (nSPS) is 12.1. The zero-order valence-corrected chi connectivity index (χ0v) is 13.2. The minimum Gasteiger partial charge on any atom is -0.465 e. The van der Waals surface area contributed by atoms with Gasteiger partial charge in [0.05, 0.1) is 13.2 Å². The van der Waals surface area contributed by atoms with Crippen molar-refractivity contribution in [3.8, 4) is 0 Å². The quantitative estimate of drug-likeness (QED) is 0.718. The molecule has 0 aliphatic carbocycles. The molecule has 1 aromatic heterocycles. The van der Waals surface area contributed by atoms with Crippen LogP contribution in [0.4, 0.5) is 0 Å². The summed E-state index contributed by atoms with van der Waals surface area (Å²) in [4.78, 5) is 2.14. The Morgan fingerprint density at radius 2 is 2.15 bits per heavy atom. The van der Waals surface area contributed by atoms with Gasteiger partial charge in [0.25, 0.3) is 0 Å². The van der Waals surface area contributed by atoms with Crippen LogP contribution in [0.5, 0.6) is 0 Å². The fourth-order valence-electron chi connectivity index (χ4n) is 1.98. The Kier molecular flexibility index (Phi) is 6.46. The van der Waals surface area contributed by atoms with Gasteiger partial charge in [-0.25, -0.2) is 0 Å². The van der Waals surface area contributed by atoms with Gasteiger partial charge in [-0.2, -0.15) is 0 Å². The maximum atomic E-state index is 9.08. The summed E-state index contributed by atoms with van der Waals surface area (Å²) in [6.07, 6.45) is 1.85. The highest BCUT2D eigenvalue weighted by atomic mass is 16.3. The van der Waals surface area contributed by atoms with Crippen LogP contribution in [0.1, 0.15) is 37.9 Å². The summed E-state index contributed by atoms with van der Waals surface area (Å²) >= 11 is 0. The van der Waals surface area contributed by atoms with Crippen molar-refractivity contribution < 1.29 is 9.52 Å². The molecular weight excluding hydrogens is 252 g/mol. The van der Waals surface area contributed by atoms with E-state index in [0.29, 0.717) is 6.54 Å². The van der Waals surface area contributed by atoms with Crippen LogP contribution in [0.15, 0.2) is 23.1 Å². The molecule has 1 aromatic rings. The van der Waals surface area contributed by atoms with Crippen molar-refractivity contribution >= 4 is 0 Å². The molecule has 0 bridgehead atoms. The van der Waals surface area contributed by atoms with Gasteiger partial charge in [-0.15, -0.1) is 6.58 Å². The first kappa shape index (κ1) is 17.0. The monoisotopic (exact) mass is 280 g/mol.